The van der Waals surface area contributed by atoms with Crippen molar-refractivity contribution in [3.8, 4) is 0 Å². The second-order valence-electron chi connectivity index (χ2n) is 3.05. The molecule has 1 aromatic rings. The summed E-state index contributed by atoms with van der Waals surface area (Å²) in [7, 11) is 0. The fraction of sp³-hybridized carbons (Fsp3) is 0.100. The van der Waals surface area contributed by atoms with Gasteiger partial charge < -0.3 is 0 Å². The Morgan fingerprint density at radius 1 is 1.15 bits per heavy atom. The molecule has 2 aliphatic rings. The van der Waals surface area contributed by atoms with Crippen LogP contribution in [0.15, 0.2) is 39.5 Å². The van der Waals surface area contributed by atoms with Gasteiger partial charge in [0.05, 0.1) is 12.8 Å². The zero-order valence-corrected chi connectivity index (χ0v) is 6.94. The average molecular weight is 169 g/mol. The van der Waals surface area contributed by atoms with Crippen LogP contribution in [0.4, 0.5) is 0 Å². The van der Waals surface area contributed by atoms with Gasteiger partial charge in [-0.2, -0.15) is 5.10 Å². The Kier molecular flexibility index (Phi) is 1.22. The molecule has 0 saturated carbocycles. The van der Waals surface area contributed by atoms with E-state index in [1.807, 2.05) is 12.1 Å². The second-order valence-corrected chi connectivity index (χ2v) is 3.05. The van der Waals surface area contributed by atoms with Crippen molar-refractivity contribution in [2.24, 2.45) is 15.2 Å². The van der Waals surface area contributed by atoms with E-state index in [0.29, 0.717) is 0 Å². The van der Waals surface area contributed by atoms with Gasteiger partial charge in [0.1, 0.15) is 11.4 Å². The fourth-order valence-electron chi connectivity index (χ4n) is 1.62. The largest absolute Gasteiger partial charge is 0.277 e. The van der Waals surface area contributed by atoms with E-state index in [1.54, 1.807) is 6.21 Å². The predicted octanol–water partition coefficient (Wildman–Crippen LogP) is 1.43. The van der Waals surface area contributed by atoms with Gasteiger partial charge in [-0.05, 0) is 5.56 Å². The maximum Gasteiger partial charge on any atom is 0.120 e. The van der Waals surface area contributed by atoms with Crippen LogP contribution in [0.1, 0.15) is 11.1 Å². The lowest BCUT2D eigenvalue weighted by Gasteiger charge is -2.12. The zero-order valence-electron chi connectivity index (χ0n) is 6.94. The molecule has 0 radical (unpaired) electrons. The number of benzene rings is 1. The van der Waals surface area contributed by atoms with Crippen LogP contribution in [0.2, 0.25) is 0 Å². The molecular formula is C10H7N3. The molecule has 3 heteroatoms. The molecule has 0 fully saturated rings. The predicted molar refractivity (Wildman–Crippen MR) is 52.6 cm³/mol. The number of rotatable bonds is 0. The lowest BCUT2D eigenvalue weighted by Crippen LogP contribution is -2.19. The van der Waals surface area contributed by atoms with Crippen LogP contribution in [0.25, 0.3) is 0 Å². The number of hydrogen-bond donors (Lipinski definition) is 0. The first-order chi connectivity index (χ1) is 6.45. The van der Waals surface area contributed by atoms with Gasteiger partial charge in [-0.15, -0.1) is 5.10 Å². The highest BCUT2D eigenvalue weighted by molar-refractivity contribution is 6.68. The SMILES string of the molecule is C1=NN=C2C1=NCc1ccccc12. The van der Waals surface area contributed by atoms with Crippen LogP contribution in [0.3, 0.4) is 0 Å². The standard InChI is InChI=1S/C10H7N3/c1-2-4-8-7(3-1)5-11-9-6-12-13-10(8)9/h1-4,6H,5H2. The topological polar surface area (TPSA) is 37.1 Å². The van der Waals surface area contributed by atoms with Gasteiger partial charge in [0.25, 0.3) is 0 Å². The number of aliphatic imine (C=N–C) groups is 1. The summed E-state index contributed by atoms with van der Waals surface area (Å²) < 4.78 is 0. The highest BCUT2D eigenvalue weighted by Gasteiger charge is 2.20. The van der Waals surface area contributed by atoms with Gasteiger partial charge in [-0.3, -0.25) is 4.99 Å². The van der Waals surface area contributed by atoms with Crippen molar-refractivity contribution in [2.45, 2.75) is 6.54 Å². The van der Waals surface area contributed by atoms with Gasteiger partial charge in [0.15, 0.2) is 0 Å². The third-order valence-corrected chi connectivity index (χ3v) is 2.27. The lowest BCUT2D eigenvalue weighted by atomic mass is 9.98. The van der Waals surface area contributed by atoms with Crippen molar-refractivity contribution in [2.75, 3.05) is 0 Å². The highest BCUT2D eigenvalue weighted by Crippen LogP contribution is 2.18. The normalized spacial score (nSPS) is 17.5. The third-order valence-electron chi connectivity index (χ3n) is 2.27. The molecule has 3 rings (SSSR count). The van der Waals surface area contributed by atoms with Crippen LogP contribution in [0, 0.1) is 0 Å². The summed E-state index contributed by atoms with van der Waals surface area (Å²) in [5, 5.41) is 7.91. The highest BCUT2D eigenvalue weighted by atomic mass is 15.2. The van der Waals surface area contributed by atoms with Gasteiger partial charge in [0.2, 0.25) is 0 Å². The van der Waals surface area contributed by atoms with Gasteiger partial charge >= 0.3 is 0 Å². The minimum absolute atomic E-state index is 0.747. The molecular weight excluding hydrogens is 162 g/mol. The quantitative estimate of drug-likeness (QED) is 0.563. The molecule has 0 unspecified atom stereocenters. The average Bonchev–Trinajstić information content (AvgIpc) is 2.65. The van der Waals surface area contributed by atoms with Gasteiger partial charge in [0, 0.05) is 5.56 Å². The summed E-state index contributed by atoms with van der Waals surface area (Å²) in [6.45, 7) is 0.747. The first-order valence-corrected chi connectivity index (χ1v) is 4.19. The minimum Gasteiger partial charge on any atom is -0.277 e. The summed E-state index contributed by atoms with van der Waals surface area (Å²) in [5.41, 5.74) is 4.24. The van der Waals surface area contributed by atoms with Crippen molar-refractivity contribution in [3.63, 3.8) is 0 Å². The first-order valence-electron chi connectivity index (χ1n) is 4.19. The number of fused-ring (bicyclic) bond motifs is 3. The maximum atomic E-state index is 4.37. The van der Waals surface area contributed by atoms with Gasteiger partial charge in [-0.25, -0.2) is 0 Å². The Morgan fingerprint density at radius 3 is 3.08 bits per heavy atom. The Balaban J connectivity index is 2.25. The zero-order chi connectivity index (χ0) is 8.67. The van der Waals surface area contributed by atoms with E-state index < -0.39 is 0 Å². The van der Waals surface area contributed by atoms with Crippen molar-refractivity contribution in [3.05, 3.63) is 35.4 Å². The molecule has 0 bridgehead atoms. The Bertz CT molecular complexity index is 455. The Labute approximate surface area is 75.5 Å². The smallest absolute Gasteiger partial charge is 0.120 e. The van der Waals surface area contributed by atoms with Crippen LogP contribution in [-0.2, 0) is 6.54 Å². The molecule has 3 nitrogen and oxygen atoms in total. The van der Waals surface area contributed by atoms with Gasteiger partial charge in [-0.1, -0.05) is 24.3 Å². The van der Waals surface area contributed by atoms with Crippen LogP contribution >= 0.6 is 0 Å². The second kappa shape index (κ2) is 2.36. The lowest BCUT2D eigenvalue weighted by molar-refractivity contribution is 1.06. The van der Waals surface area contributed by atoms with E-state index in [4.69, 9.17) is 0 Å². The summed E-state index contributed by atoms with van der Waals surface area (Å²) in [6.07, 6.45) is 1.71. The van der Waals surface area contributed by atoms with E-state index in [2.05, 4.69) is 27.3 Å². The number of nitrogens with zero attached hydrogens (tertiary/aromatic N) is 3. The van der Waals surface area contributed by atoms with Crippen molar-refractivity contribution < 1.29 is 0 Å². The molecule has 0 amide bonds. The molecule has 2 aliphatic heterocycles. The summed E-state index contributed by atoms with van der Waals surface area (Å²) in [5.74, 6) is 0. The van der Waals surface area contributed by atoms with Crippen molar-refractivity contribution >= 4 is 17.6 Å². The summed E-state index contributed by atoms with van der Waals surface area (Å²) in [6, 6.07) is 8.19. The maximum absolute atomic E-state index is 4.37. The van der Waals surface area contributed by atoms with E-state index in [9.17, 15) is 0 Å². The van der Waals surface area contributed by atoms with E-state index in [-0.39, 0.29) is 0 Å². The molecule has 1 aromatic carbocycles. The number of hydrogen-bond acceptors (Lipinski definition) is 3. The molecule has 2 heterocycles. The Morgan fingerprint density at radius 2 is 2.08 bits per heavy atom. The van der Waals surface area contributed by atoms with Crippen LogP contribution in [0.5, 0.6) is 0 Å². The summed E-state index contributed by atoms with van der Waals surface area (Å²) >= 11 is 0. The molecule has 0 aromatic heterocycles. The van der Waals surface area contributed by atoms with Crippen LogP contribution in [-0.4, -0.2) is 17.6 Å². The Hall–Kier alpha value is -1.77. The van der Waals surface area contributed by atoms with E-state index in [0.717, 1.165) is 18.0 Å². The van der Waals surface area contributed by atoms with Crippen molar-refractivity contribution in [1.82, 2.24) is 0 Å². The first kappa shape index (κ1) is 6.71. The third kappa shape index (κ3) is 0.869. The summed E-state index contributed by atoms with van der Waals surface area (Å²) in [4.78, 5) is 4.37. The van der Waals surface area contributed by atoms with Crippen molar-refractivity contribution in [1.29, 1.82) is 0 Å². The molecule has 62 valence electrons. The van der Waals surface area contributed by atoms with E-state index in [1.165, 1.54) is 11.1 Å². The molecule has 0 saturated heterocycles. The van der Waals surface area contributed by atoms with Crippen LogP contribution < -0.4 is 0 Å². The fourth-order valence-corrected chi connectivity index (χ4v) is 1.62. The molecule has 0 N–H and O–H groups in total. The molecule has 0 atom stereocenters. The molecule has 0 spiro atoms. The monoisotopic (exact) mass is 169 g/mol. The minimum atomic E-state index is 0.747. The molecule has 0 aliphatic carbocycles. The molecule has 13 heavy (non-hydrogen) atoms. The van der Waals surface area contributed by atoms with E-state index >= 15 is 0 Å².